The number of nitrogens with zero attached hydrogens (tertiary/aromatic N) is 3. The first kappa shape index (κ1) is 19.2. The Morgan fingerprint density at radius 2 is 2.24 bits per heavy atom. The lowest BCUT2D eigenvalue weighted by atomic mass is 10.1. The molecule has 2 amide bonds. The number of fused-ring (bicyclic) bond motifs is 1. The first-order chi connectivity index (χ1) is 14.2. The van der Waals surface area contributed by atoms with E-state index in [2.05, 4.69) is 26.6 Å². The van der Waals surface area contributed by atoms with Crippen molar-refractivity contribution >= 4 is 23.1 Å². The minimum absolute atomic E-state index is 0.0208. The Bertz CT molecular complexity index is 1000. The molecule has 3 N–H and O–H groups in total. The molecule has 1 aliphatic heterocycles. The van der Waals surface area contributed by atoms with Crippen LogP contribution in [0.25, 0.3) is 16.9 Å². The highest BCUT2D eigenvalue weighted by Gasteiger charge is 2.20. The van der Waals surface area contributed by atoms with E-state index >= 15 is 0 Å². The van der Waals surface area contributed by atoms with Gasteiger partial charge in [-0.05, 0) is 25.1 Å². The number of anilines is 2. The van der Waals surface area contributed by atoms with Crippen molar-refractivity contribution in [1.82, 2.24) is 14.7 Å². The zero-order valence-corrected chi connectivity index (χ0v) is 16.3. The van der Waals surface area contributed by atoms with Gasteiger partial charge in [-0.1, -0.05) is 12.1 Å². The van der Waals surface area contributed by atoms with E-state index in [1.807, 2.05) is 54.0 Å². The highest BCUT2D eigenvalue weighted by Crippen LogP contribution is 2.26. The molecule has 1 unspecified atom stereocenters. The number of aromatic nitrogens is 2. The molecule has 29 heavy (non-hydrogen) atoms. The quantitative estimate of drug-likeness (QED) is 0.617. The normalized spacial score (nSPS) is 16.8. The van der Waals surface area contributed by atoms with Crippen molar-refractivity contribution in [3.63, 3.8) is 0 Å². The van der Waals surface area contributed by atoms with Crippen molar-refractivity contribution in [2.45, 2.75) is 13.0 Å². The number of benzene rings is 1. The van der Waals surface area contributed by atoms with Gasteiger partial charge in [-0.15, -0.1) is 0 Å². The van der Waals surface area contributed by atoms with Crippen LogP contribution in [0.1, 0.15) is 6.92 Å². The molecule has 0 radical (unpaired) electrons. The Kier molecular flexibility index (Phi) is 5.64. The van der Waals surface area contributed by atoms with Crippen LogP contribution in [-0.4, -0.2) is 59.5 Å². The topological polar surface area (TPSA) is 91.1 Å². The van der Waals surface area contributed by atoms with Crippen LogP contribution in [0, 0.1) is 0 Å². The van der Waals surface area contributed by atoms with Crippen LogP contribution < -0.4 is 15.5 Å². The molecule has 8 nitrogen and oxygen atoms in total. The average molecular weight is 395 g/mol. The number of amides is 2. The number of nitrogens with one attached hydrogen (secondary N) is 2. The molecule has 0 aliphatic carbocycles. The van der Waals surface area contributed by atoms with E-state index in [0.717, 1.165) is 34.8 Å². The first-order valence-corrected chi connectivity index (χ1v) is 9.77. The second-order valence-electron chi connectivity index (χ2n) is 6.94. The van der Waals surface area contributed by atoms with Gasteiger partial charge in [0.05, 0.1) is 31.2 Å². The maximum atomic E-state index is 11.8. The van der Waals surface area contributed by atoms with Crippen LogP contribution in [0.2, 0.25) is 0 Å². The Labute approximate surface area is 169 Å². The Hall–Kier alpha value is -3.10. The van der Waals surface area contributed by atoms with Gasteiger partial charge in [-0.3, -0.25) is 4.40 Å². The largest absolute Gasteiger partial charge is 0.394 e. The van der Waals surface area contributed by atoms with E-state index in [9.17, 15) is 9.90 Å². The molecule has 4 rings (SSSR count). The number of ether oxygens (including phenoxy) is 1. The third-order valence-corrected chi connectivity index (χ3v) is 4.96. The predicted molar refractivity (Wildman–Crippen MR) is 112 cm³/mol. The summed E-state index contributed by atoms with van der Waals surface area (Å²) in [7, 11) is 0. The Morgan fingerprint density at radius 1 is 1.34 bits per heavy atom. The minimum atomic E-state index is -0.223. The Morgan fingerprint density at radius 3 is 3.07 bits per heavy atom. The summed E-state index contributed by atoms with van der Waals surface area (Å²) in [6.45, 7) is 4.52. The van der Waals surface area contributed by atoms with Crippen LogP contribution >= 0.6 is 0 Å². The molecule has 0 bridgehead atoms. The molecular formula is C21H25N5O3. The van der Waals surface area contributed by atoms with Gasteiger partial charge in [0.1, 0.15) is 5.65 Å². The molecule has 3 heterocycles. The van der Waals surface area contributed by atoms with Crippen molar-refractivity contribution in [3.8, 4) is 11.3 Å². The van der Waals surface area contributed by atoms with Crippen molar-refractivity contribution in [3.05, 3.63) is 48.8 Å². The number of pyridine rings is 1. The van der Waals surface area contributed by atoms with E-state index in [1.165, 1.54) is 0 Å². The molecule has 0 spiro atoms. The molecule has 0 saturated carbocycles. The summed E-state index contributed by atoms with van der Waals surface area (Å²) in [5, 5.41) is 14.9. The number of aliphatic hydroxyl groups is 1. The lowest BCUT2D eigenvalue weighted by Gasteiger charge is -2.33. The molecule has 152 valence electrons. The lowest BCUT2D eigenvalue weighted by molar-refractivity contribution is 0.00357. The maximum Gasteiger partial charge on any atom is 0.319 e. The van der Waals surface area contributed by atoms with Gasteiger partial charge in [0.15, 0.2) is 0 Å². The first-order valence-electron chi connectivity index (χ1n) is 9.77. The fourth-order valence-corrected chi connectivity index (χ4v) is 3.54. The fraction of sp³-hybridized carbons (Fsp3) is 0.333. The van der Waals surface area contributed by atoms with Crippen molar-refractivity contribution in [1.29, 1.82) is 0 Å². The van der Waals surface area contributed by atoms with Crippen molar-refractivity contribution in [2.24, 2.45) is 0 Å². The highest BCUT2D eigenvalue weighted by atomic mass is 16.5. The number of aliphatic hydroxyl groups excluding tert-OH is 1. The molecule has 8 heteroatoms. The van der Waals surface area contributed by atoms with Crippen LogP contribution in [0.15, 0.2) is 48.8 Å². The second kappa shape index (κ2) is 8.50. The summed E-state index contributed by atoms with van der Waals surface area (Å²) in [5.41, 5.74) is 4.53. The molecule has 1 atom stereocenters. The summed E-state index contributed by atoms with van der Waals surface area (Å²) in [6.07, 6.45) is 3.68. The zero-order chi connectivity index (χ0) is 20.2. The summed E-state index contributed by atoms with van der Waals surface area (Å²) in [5.74, 6) is 0. The monoisotopic (exact) mass is 395 g/mol. The summed E-state index contributed by atoms with van der Waals surface area (Å²) in [4.78, 5) is 18.6. The van der Waals surface area contributed by atoms with Gasteiger partial charge in [0.2, 0.25) is 0 Å². The molecular weight excluding hydrogens is 370 g/mol. The van der Waals surface area contributed by atoms with E-state index < -0.39 is 0 Å². The minimum Gasteiger partial charge on any atom is -0.394 e. The zero-order valence-electron chi connectivity index (χ0n) is 16.3. The number of morpholine rings is 1. The third-order valence-electron chi connectivity index (χ3n) is 4.96. The molecule has 1 aromatic carbocycles. The van der Waals surface area contributed by atoms with Gasteiger partial charge in [0.25, 0.3) is 0 Å². The number of urea groups is 1. The van der Waals surface area contributed by atoms with Gasteiger partial charge in [-0.2, -0.15) is 0 Å². The van der Waals surface area contributed by atoms with E-state index in [0.29, 0.717) is 19.7 Å². The maximum absolute atomic E-state index is 11.8. The highest BCUT2D eigenvalue weighted by molar-refractivity contribution is 5.90. The summed E-state index contributed by atoms with van der Waals surface area (Å²) < 4.78 is 7.56. The van der Waals surface area contributed by atoms with Crippen LogP contribution in [0.3, 0.4) is 0 Å². The van der Waals surface area contributed by atoms with Crippen LogP contribution in [-0.2, 0) is 4.74 Å². The van der Waals surface area contributed by atoms with Gasteiger partial charge in [0, 0.05) is 48.8 Å². The molecule has 1 saturated heterocycles. The number of imidazole rings is 1. The molecule has 1 aliphatic rings. The molecule has 1 fully saturated rings. The van der Waals surface area contributed by atoms with Gasteiger partial charge < -0.3 is 25.4 Å². The SMILES string of the molecule is CCNC(=O)Nc1cccc(-c2cnc3cc(N4CCOC(CO)C4)ccn23)c1. The fourth-order valence-electron chi connectivity index (χ4n) is 3.54. The standard InChI is InChI=1S/C21H25N5O3/c1-2-22-21(28)24-16-5-3-4-15(10-16)19-12-23-20-11-17(6-7-26(19)20)25-8-9-29-18(13-25)14-27/h3-7,10-12,18,27H,2,8-9,13-14H2,1H3,(H2,22,24,28). The number of hydrogen-bond donors (Lipinski definition) is 3. The molecule has 2 aromatic heterocycles. The Balaban J connectivity index is 1.59. The number of carbonyl (C=O) groups is 1. The average Bonchev–Trinajstić information content (AvgIpc) is 3.17. The van der Waals surface area contributed by atoms with E-state index in [1.54, 1.807) is 0 Å². The second-order valence-corrected chi connectivity index (χ2v) is 6.94. The van der Waals surface area contributed by atoms with Crippen LogP contribution in [0.4, 0.5) is 16.2 Å². The van der Waals surface area contributed by atoms with Crippen molar-refractivity contribution < 1.29 is 14.6 Å². The van der Waals surface area contributed by atoms with Gasteiger partial charge >= 0.3 is 6.03 Å². The van der Waals surface area contributed by atoms with Crippen molar-refractivity contribution in [2.75, 3.05) is 43.1 Å². The van der Waals surface area contributed by atoms with Gasteiger partial charge in [-0.25, -0.2) is 9.78 Å². The summed E-state index contributed by atoms with van der Waals surface area (Å²) in [6, 6.07) is 11.6. The molecule has 3 aromatic rings. The smallest absolute Gasteiger partial charge is 0.319 e. The van der Waals surface area contributed by atoms with E-state index in [-0.39, 0.29) is 18.7 Å². The third kappa shape index (κ3) is 4.18. The number of hydrogen-bond acceptors (Lipinski definition) is 5. The number of carbonyl (C=O) groups excluding carboxylic acids is 1. The number of rotatable bonds is 5. The predicted octanol–water partition coefficient (Wildman–Crippen LogP) is 2.34. The summed E-state index contributed by atoms with van der Waals surface area (Å²) >= 11 is 0. The van der Waals surface area contributed by atoms with Crippen LogP contribution in [0.5, 0.6) is 0 Å². The lowest BCUT2D eigenvalue weighted by Crippen LogP contribution is -2.44. The van der Waals surface area contributed by atoms with E-state index in [4.69, 9.17) is 4.74 Å².